The molecule has 0 amide bonds. The second-order valence-corrected chi connectivity index (χ2v) is 2.74. The average Bonchev–Trinajstić information content (AvgIpc) is 1.84. The van der Waals surface area contributed by atoms with Crippen LogP contribution in [0, 0.1) is 0 Å². The first kappa shape index (κ1) is 10.2. The van der Waals surface area contributed by atoms with E-state index in [4.69, 9.17) is 27.5 Å². The fourth-order valence-corrected chi connectivity index (χ4v) is 0.490. The monoisotopic (exact) mass is 181 g/mol. The molecule has 0 spiro atoms. The van der Waals surface area contributed by atoms with Crippen molar-refractivity contribution in [1.82, 2.24) is 0 Å². The molecule has 0 aromatic rings. The van der Waals surface area contributed by atoms with Crippen molar-refractivity contribution in [3.8, 4) is 0 Å². The summed E-state index contributed by atoms with van der Waals surface area (Å²) in [6.07, 6.45) is -0.647. The zero-order valence-corrected chi connectivity index (χ0v) is 6.34. The smallest absolute Gasteiger partial charge is 0.339 e. The molecule has 0 heterocycles. The normalized spacial score (nSPS) is 15.5. The van der Waals surface area contributed by atoms with Crippen LogP contribution in [0.5, 0.6) is 0 Å². The zero-order valence-electron chi connectivity index (χ0n) is 5.58. The summed E-state index contributed by atoms with van der Waals surface area (Å²) in [5, 5.41) is 16.5. The number of nitrogens with two attached hydrogens (primary N) is 1. The van der Waals surface area contributed by atoms with Gasteiger partial charge in [-0.1, -0.05) is 11.6 Å². The van der Waals surface area contributed by atoms with Crippen LogP contribution < -0.4 is 5.73 Å². The Balaban J connectivity index is 3.92. The Labute approximate surface area is 67.8 Å². The minimum Gasteiger partial charge on any atom is -0.481 e. The van der Waals surface area contributed by atoms with Crippen molar-refractivity contribution in [1.29, 1.82) is 0 Å². The van der Waals surface area contributed by atoms with Crippen LogP contribution in [0.4, 0.5) is 0 Å². The van der Waals surface area contributed by atoms with Crippen LogP contribution in [-0.2, 0) is 9.59 Å². The van der Waals surface area contributed by atoms with Crippen molar-refractivity contribution in [3.05, 3.63) is 0 Å². The number of hydrogen-bond donors (Lipinski definition) is 3. The molecule has 0 bridgehead atoms. The molecular formula is C5H8ClNO4. The molecule has 0 fully saturated rings. The molecular weight excluding hydrogens is 174 g/mol. The van der Waals surface area contributed by atoms with Crippen molar-refractivity contribution in [2.75, 3.05) is 0 Å². The lowest BCUT2D eigenvalue weighted by molar-refractivity contribution is -0.141. The van der Waals surface area contributed by atoms with Gasteiger partial charge in [0.25, 0.3) is 0 Å². The number of carbonyl (C=O) groups is 2. The third-order valence-corrected chi connectivity index (χ3v) is 1.41. The Bertz CT molecular complexity index is 179. The Hall–Kier alpha value is -0.810. The lowest BCUT2D eigenvalue weighted by atomic mass is 10.1. The van der Waals surface area contributed by atoms with Crippen LogP contribution in [0.1, 0.15) is 12.8 Å². The van der Waals surface area contributed by atoms with Gasteiger partial charge in [0.2, 0.25) is 0 Å². The van der Waals surface area contributed by atoms with Gasteiger partial charge in [-0.2, -0.15) is 0 Å². The second-order valence-electron chi connectivity index (χ2n) is 2.06. The maximum Gasteiger partial charge on any atom is 0.339 e. The summed E-state index contributed by atoms with van der Waals surface area (Å²) in [6, 6.07) is 0. The quantitative estimate of drug-likeness (QED) is 0.413. The predicted molar refractivity (Wildman–Crippen MR) is 37.3 cm³/mol. The van der Waals surface area contributed by atoms with Crippen LogP contribution in [0.15, 0.2) is 0 Å². The predicted octanol–water partition coefficient (Wildman–Crippen LogP) is -0.170. The highest BCUT2D eigenvalue weighted by molar-refractivity contribution is 6.33. The van der Waals surface area contributed by atoms with Gasteiger partial charge in [-0.15, -0.1) is 0 Å². The van der Waals surface area contributed by atoms with E-state index in [1.807, 2.05) is 0 Å². The minimum absolute atomic E-state index is 0.292. The highest BCUT2D eigenvalue weighted by Crippen LogP contribution is 2.14. The molecule has 64 valence electrons. The molecule has 6 heteroatoms. The largest absolute Gasteiger partial charge is 0.481 e. The van der Waals surface area contributed by atoms with E-state index < -0.39 is 16.9 Å². The number of hydrogen-bond acceptors (Lipinski definition) is 3. The van der Waals surface area contributed by atoms with Crippen LogP contribution in [-0.4, -0.2) is 27.1 Å². The van der Waals surface area contributed by atoms with Crippen molar-refractivity contribution < 1.29 is 19.8 Å². The van der Waals surface area contributed by atoms with E-state index >= 15 is 0 Å². The molecule has 0 radical (unpaired) electrons. The van der Waals surface area contributed by atoms with Crippen molar-refractivity contribution >= 4 is 23.5 Å². The van der Waals surface area contributed by atoms with Gasteiger partial charge >= 0.3 is 11.9 Å². The molecule has 0 unspecified atom stereocenters. The zero-order chi connectivity index (χ0) is 9.07. The summed E-state index contributed by atoms with van der Waals surface area (Å²) >= 11 is 5.23. The summed E-state index contributed by atoms with van der Waals surface area (Å²) in [6.45, 7) is 0. The highest BCUT2D eigenvalue weighted by Gasteiger charge is 2.31. The highest BCUT2D eigenvalue weighted by atomic mass is 35.5. The number of aliphatic carboxylic acids is 2. The second kappa shape index (κ2) is 3.54. The van der Waals surface area contributed by atoms with Gasteiger partial charge in [0, 0.05) is 12.8 Å². The fraction of sp³-hybridized carbons (Fsp3) is 0.600. The van der Waals surface area contributed by atoms with Crippen LogP contribution in [0.25, 0.3) is 0 Å². The summed E-state index contributed by atoms with van der Waals surface area (Å²) in [7, 11) is 0. The molecule has 1 atom stereocenters. The van der Waals surface area contributed by atoms with Gasteiger partial charge < -0.3 is 15.9 Å². The van der Waals surface area contributed by atoms with E-state index in [-0.39, 0.29) is 12.8 Å². The molecule has 0 aliphatic heterocycles. The Morgan fingerprint density at radius 1 is 1.45 bits per heavy atom. The summed E-state index contributed by atoms with van der Waals surface area (Å²) < 4.78 is 0. The van der Waals surface area contributed by atoms with Gasteiger partial charge in [-0.3, -0.25) is 4.79 Å². The molecule has 0 aliphatic carbocycles. The third-order valence-electron chi connectivity index (χ3n) is 1.06. The van der Waals surface area contributed by atoms with Gasteiger partial charge in [0.15, 0.2) is 5.00 Å². The molecule has 4 N–H and O–H groups in total. The van der Waals surface area contributed by atoms with Crippen LogP contribution in [0.2, 0.25) is 0 Å². The van der Waals surface area contributed by atoms with Crippen molar-refractivity contribution in [2.45, 2.75) is 17.8 Å². The number of halogens is 1. The SMILES string of the molecule is N[C@@](Cl)(CCC(=O)O)C(=O)O. The molecule has 0 aromatic heterocycles. The van der Waals surface area contributed by atoms with Gasteiger partial charge in [-0.25, -0.2) is 4.79 Å². The molecule has 0 aromatic carbocycles. The van der Waals surface area contributed by atoms with Crippen LogP contribution >= 0.6 is 11.6 Å². The van der Waals surface area contributed by atoms with Crippen LogP contribution in [0.3, 0.4) is 0 Å². The fourth-order valence-electron chi connectivity index (χ4n) is 0.396. The standard InChI is InChI=1S/C5H8ClNO4/c6-5(7,4(10)11)2-1-3(8)9/h1-2,7H2,(H,8,9)(H,10,11)/t5-/m0/s1. The first-order valence-corrected chi connectivity index (χ1v) is 3.17. The number of carboxylic acid groups (broad SMARTS) is 2. The van der Waals surface area contributed by atoms with E-state index in [1.165, 1.54) is 0 Å². The molecule has 0 saturated heterocycles. The maximum absolute atomic E-state index is 10.2. The summed E-state index contributed by atoms with van der Waals surface area (Å²) in [4.78, 5) is 18.2. The molecule has 0 saturated carbocycles. The van der Waals surface area contributed by atoms with E-state index in [9.17, 15) is 9.59 Å². The maximum atomic E-state index is 10.2. The van der Waals surface area contributed by atoms with Gasteiger partial charge in [0.05, 0.1) is 0 Å². The Morgan fingerprint density at radius 3 is 2.18 bits per heavy atom. The summed E-state index contributed by atoms with van der Waals surface area (Å²) in [5.41, 5.74) is 5.01. The van der Waals surface area contributed by atoms with Crippen molar-refractivity contribution in [2.24, 2.45) is 5.73 Å². The van der Waals surface area contributed by atoms with Gasteiger partial charge in [0.1, 0.15) is 0 Å². The minimum atomic E-state index is -1.96. The number of carboxylic acids is 2. The topological polar surface area (TPSA) is 101 Å². The average molecular weight is 182 g/mol. The molecule has 0 rings (SSSR count). The number of rotatable bonds is 4. The molecule has 0 aliphatic rings. The summed E-state index contributed by atoms with van der Waals surface area (Å²) in [5.74, 6) is -2.54. The Kier molecular flexibility index (Phi) is 3.28. The van der Waals surface area contributed by atoms with E-state index in [0.717, 1.165) is 0 Å². The number of alkyl halides is 1. The molecule has 11 heavy (non-hydrogen) atoms. The lowest BCUT2D eigenvalue weighted by Crippen LogP contribution is -2.42. The first-order valence-electron chi connectivity index (χ1n) is 2.79. The third kappa shape index (κ3) is 3.79. The molecule has 5 nitrogen and oxygen atoms in total. The van der Waals surface area contributed by atoms with E-state index in [0.29, 0.717) is 0 Å². The van der Waals surface area contributed by atoms with E-state index in [2.05, 4.69) is 0 Å². The Morgan fingerprint density at radius 2 is 1.91 bits per heavy atom. The van der Waals surface area contributed by atoms with Gasteiger partial charge in [-0.05, 0) is 0 Å². The van der Waals surface area contributed by atoms with E-state index in [1.54, 1.807) is 0 Å². The first-order chi connectivity index (χ1) is 4.86. The van der Waals surface area contributed by atoms with Crippen molar-refractivity contribution in [3.63, 3.8) is 0 Å². The lowest BCUT2D eigenvalue weighted by Gasteiger charge is -2.14.